The molecule has 1 aromatic heterocycles. The van der Waals surface area contributed by atoms with Gasteiger partial charge in [0.1, 0.15) is 6.04 Å². The minimum atomic E-state index is -0.659. The normalized spacial score (nSPS) is 16.3. The first kappa shape index (κ1) is 17.0. The molecule has 132 valence electrons. The van der Waals surface area contributed by atoms with Crippen molar-refractivity contribution in [3.8, 4) is 0 Å². The van der Waals surface area contributed by atoms with Crippen molar-refractivity contribution in [2.45, 2.75) is 19.0 Å². The van der Waals surface area contributed by atoms with Crippen LogP contribution in [0.15, 0.2) is 30.6 Å². The van der Waals surface area contributed by atoms with Gasteiger partial charge in [-0.15, -0.1) is 0 Å². The van der Waals surface area contributed by atoms with E-state index in [0.29, 0.717) is 18.5 Å². The highest BCUT2D eigenvalue weighted by Crippen LogP contribution is 2.25. The van der Waals surface area contributed by atoms with E-state index in [1.165, 1.54) is 7.11 Å². The summed E-state index contributed by atoms with van der Waals surface area (Å²) in [6.07, 6.45) is 2.07. The molecule has 1 aliphatic rings. The van der Waals surface area contributed by atoms with E-state index in [2.05, 4.69) is 4.98 Å². The number of methoxy groups -OCH3 is 1. The lowest BCUT2D eigenvalue weighted by atomic mass is 10.0. The van der Waals surface area contributed by atoms with Gasteiger partial charge in [0, 0.05) is 38.8 Å². The van der Waals surface area contributed by atoms with Crippen LogP contribution >= 0.6 is 0 Å². The number of nitrogens with zero attached hydrogens (tertiary/aromatic N) is 4. The number of fused-ring (bicyclic) bond motifs is 1. The van der Waals surface area contributed by atoms with E-state index in [4.69, 9.17) is 4.74 Å². The summed E-state index contributed by atoms with van der Waals surface area (Å²) in [6, 6.07) is 6.68. The number of anilines is 1. The van der Waals surface area contributed by atoms with Gasteiger partial charge in [0.2, 0.25) is 0 Å². The molecule has 0 N–H and O–H groups in total. The van der Waals surface area contributed by atoms with Crippen molar-refractivity contribution in [3.63, 3.8) is 0 Å². The van der Waals surface area contributed by atoms with Gasteiger partial charge in [0.25, 0.3) is 5.91 Å². The molecule has 1 aromatic carbocycles. The number of hydrogen-bond donors (Lipinski definition) is 0. The second-order valence-corrected chi connectivity index (χ2v) is 6.37. The Hall–Kier alpha value is -2.83. The maximum atomic E-state index is 13.0. The van der Waals surface area contributed by atoms with Crippen LogP contribution in [-0.2, 0) is 29.5 Å². The second-order valence-electron chi connectivity index (χ2n) is 6.37. The summed E-state index contributed by atoms with van der Waals surface area (Å²) in [4.78, 5) is 33.1. The van der Waals surface area contributed by atoms with Gasteiger partial charge in [0.05, 0.1) is 31.4 Å². The number of aryl methyl sites for hydroxylation is 1. The predicted octanol–water partition coefficient (Wildman–Crippen LogP) is 1.23. The summed E-state index contributed by atoms with van der Waals surface area (Å²) < 4.78 is 6.79. The maximum Gasteiger partial charge on any atom is 0.329 e. The molecule has 3 rings (SSSR count). The highest BCUT2D eigenvalue weighted by molar-refractivity contribution is 5.97. The van der Waals surface area contributed by atoms with Gasteiger partial charge < -0.3 is 19.1 Å². The van der Waals surface area contributed by atoms with Gasteiger partial charge in [-0.3, -0.25) is 4.79 Å². The zero-order chi connectivity index (χ0) is 18.1. The third-order valence-corrected chi connectivity index (χ3v) is 4.59. The Kier molecular flexibility index (Phi) is 4.48. The average molecular weight is 342 g/mol. The Morgan fingerprint density at radius 2 is 1.92 bits per heavy atom. The number of carbonyl (C=O) groups excluding carboxylic acids is 2. The topological polar surface area (TPSA) is 67.7 Å². The molecule has 7 nitrogen and oxygen atoms in total. The third kappa shape index (κ3) is 3.09. The molecule has 0 radical (unpaired) electrons. The highest BCUT2D eigenvalue weighted by Gasteiger charge is 2.37. The number of hydrogen-bond acceptors (Lipinski definition) is 5. The van der Waals surface area contributed by atoms with E-state index in [9.17, 15) is 9.59 Å². The standard InChI is InChI=1S/C18H22N4O3/c1-20(2)13-7-5-12(6-8-13)17(23)22-10-16-14(19-11-21(16)3)9-15(22)18(24)25-4/h5-8,11,15H,9-10H2,1-4H3/t15-/m0/s1. The molecule has 0 fully saturated rings. The van der Waals surface area contributed by atoms with Crippen molar-refractivity contribution >= 4 is 17.6 Å². The Labute approximate surface area is 146 Å². The molecule has 2 aromatic rings. The third-order valence-electron chi connectivity index (χ3n) is 4.59. The summed E-state index contributed by atoms with van der Waals surface area (Å²) in [5.41, 5.74) is 3.34. The summed E-state index contributed by atoms with van der Waals surface area (Å²) in [6.45, 7) is 0.333. The van der Waals surface area contributed by atoms with E-state index in [0.717, 1.165) is 17.1 Å². The molecule has 2 heterocycles. The van der Waals surface area contributed by atoms with Gasteiger partial charge in [-0.05, 0) is 24.3 Å². The highest BCUT2D eigenvalue weighted by atomic mass is 16.5. The first-order chi connectivity index (χ1) is 11.9. The number of imidazole rings is 1. The molecule has 1 atom stereocenters. The summed E-state index contributed by atoms with van der Waals surface area (Å²) in [5.74, 6) is -0.609. The van der Waals surface area contributed by atoms with E-state index in [1.807, 2.05) is 42.7 Å². The van der Waals surface area contributed by atoms with Crippen LogP contribution in [0.3, 0.4) is 0 Å². The molecule has 7 heteroatoms. The summed E-state index contributed by atoms with van der Waals surface area (Å²) in [5, 5.41) is 0. The number of amides is 1. The molecule has 0 saturated heterocycles. The van der Waals surface area contributed by atoms with Crippen molar-refractivity contribution in [3.05, 3.63) is 47.5 Å². The van der Waals surface area contributed by atoms with E-state index < -0.39 is 12.0 Å². The molecule has 0 spiro atoms. The molecular formula is C18H22N4O3. The molecular weight excluding hydrogens is 320 g/mol. The fraction of sp³-hybridized carbons (Fsp3) is 0.389. The Morgan fingerprint density at radius 3 is 2.52 bits per heavy atom. The minimum absolute atomic E-state index is 0.187. The van der Waals surface area contributed by atoms with Crippen LogP contribution < -0.4 is 4.90 Å². The van der Waals surface area contributed by atoms with Crippen LogP contribution in [0.4, 0.5) is 5.69 Å². The number of benzene rings is 1. The molecule has 0 aliphatic carbocycles. The molecule has 1 amide bonds. The Morgan fingerprint density at radius 1 is 1.24 bits per heavy atom. The van der Waals surface area contributed by atoms with Crippen molar-refractivity contribution < 1.29 is 14.3 Å². The molecule has 25 heavy (non-hydrogen) atoms. The van der Waals surface area contributed by atoms with Crippen molar-refractivity contribution in [2.24, 2.45) is 7.05 Å². The lowest BCUT2D eigenvalue weighted by Gasteiger charge is -2.33. The molecule has 1 aliphatic heterocycles. The van der Waals surface area contributed by atoms with Gasteiger partial charge in [-0.2, -0.15) is 0 Å². The van der Waals surface area contributed by atoms with Crippen molar-refractivity contribution in [1.29, 1.82) is 0 Å². The van der Waals surface area contributed by atoms with Crippen LogP contribution in [0.2, 0.25) is 0 Å². The van der Waals surface area contributed by atoms with Gasteiger partial charge in [-0.1, -0.05) is 0 Å². The zero-order valence-corrected chi connectivity index (χ0v) is 14.9. The molecule has 0 unspecified atom stereocenters. The fourth-order valence-corrected chi connectivity index (χ4v) is 3.07. The van der Waals surface area contributed by atoms with Crippen molar-refractivity contribution in [1.82, 2.24) is 14.5 Å². The number of rotatable bonds is 3. The Balaban J connectivity index is 1.93. The average Bonchev–Trinajstić information content (AvgIpc) is 2.99. The quantitative estimate of drug-likeness (QED) is 0.785. The number of carbonyl (C=O) groups is 2. The van der Waals surface area contributed by atoms with E-state index in [1.54, 1.807) is 23.4 Å². The summed E-state index contributed by atoms with van der Waals surface area (Å²) >= 11 is 0. The predicted molar refractivity (Wildman–Crippen MR) is 93.4 cm³/mol. The lowest BCUT2D eigenvalue weighted by Crippen LogP contribution is -2.49. The first-order valence-electron chi connectivity index (χ1n) is 8.07. The fourth-order valence-electron chi connectivity index (χ4n) is 3.07. The smallest absolute Gasteiger partial charge is 0.329 e. The van der Waals surface area contributed by atoms with Gasteiger partial charge >= 0.3 is 5.97 Å². The second kappa shape index (κ2) is 6.58. The lowest BCUT2D eigenvalue weighted by molar-refractivity contribution is -0.146. The summed E-state index contributed by atoms with van der Waals surface area (Å²) in [7, 11) is 7.11. The molecule has 0 saturated carbocycles. The van der Waals surface area contributed by atoms with E-state index >= 15 is 0 Å². The minimum Gasteiger partial charge on any atom is -0.467 e. The van der Waals surface area contributed by atoms with Gasteiger partial charge in [-0.25, -0.2) is 9.78 Å². The van der Waals surface area contributed by atoms with Crippen molar-refractivity contribution in [2.75, 3.05) is 26.1 Å². The number of aromatic nitrogens is 2. The Bertz CT molecular complexity index is 795. The van der Waals surface area contributed by atoms with Crippen LogP contribution in [0.5, 0.6) is 0 Å². The first-order valence-corrected chi connectivity index (χ1v) is 8.07. The van der Waals surface area contributed by atoms with Crippen LogP contribution in [0.25, 0.3) is 0 Å². The SMILES string of the molecule is COC(=O)[C@@H]1Cc2ncn(C)c2CN1C(=O)c1ccc(N(C)C)cc1. The van der Waals surface area contributed by atoms with E-state index in [-0.39, 0.29) is 5.91 Å². The largest absolute Gasteiger partial charge is 0.467 e. The van der Waals surface area contributed by atoms with Crippen LogP contribution in [-0.4, -0.2) is 53.6 Å². The zero-order valence-electron chi connectivity index (χ0n) is 14.9. The number of esters is 1. The maximum absolute atomic E-state index is 13.0. The monoisotopic (exact) mass is 342 g/mol. The van der Waals surface area contributed by atoms with Gasteiger partial charge in [0.15, 0.2) is 0 Å². The van der Waals surface area contributed by atoms with Crippen LogP contribution in [0, 0.1) is 0 Å². The number of ether oxygens (including phenoxy) is 1. The van der Waals surface area contributed by atoms with Crippen LogP contribution in [0.1, 0.15) is 21.7 Å². The molecule has 0 bridgehead atoms.